The first kappa shape index (κ1) is 12.6. The highest BCUT2D eigenvalue weighted by molar-refractivity contribution is 7.98. The summed E-state index contributed by atoms with van der Waals surface area (Å²) >= 11 is 1.68. The Morgan fingerprint density at radius 3 is 2.93 bits per heavy atom. The van der Waals surface area contributed by atoms with Crippen LogP contribution in [0.1, 0.15) is 13.3 Å². The summed E-state index contributed by atoms with van der Waals surface area (Å²) in [6.07, 6.45) is 6.78. The largest absolute Gasteiger partial charge is 0.396 e. The normalized spacial score (nSPS) is 26.6. The van der Waals surface area contributed by atoms with E-state index in [2.05, 4.69) is 5.32 Å². The molecule has 0 heterocycles. The molecule has 2 N–H and O–H groups in total. The third-order valence-corrected chi connectivity index (χ3v) is 3.43. The topological polar surface area (TPSA) is 49.3 Å². The van der Waals surface area contributed by atoms with E-state index in [9.17, 15) is 4.79 Å². The van der Waals surface area contributed by atoms with Gasteiger partial charge in [0.2, 0.25) is 5.91 Å². The van der Waals surface area contributed by atoms with E-state index in [1.807, 2.05) is 25.3 Å². The number of hydrogen-bond donors (Lipinski definition) is 2. The molecular weight excluding hydrogens is 210 g/mol. The number of carbonyl (C=O) groups is 1. The molecule has 1 unspecified atom stereocenters. The second-order valence-corrected chi connectivity index (χ2v) is 4.95. The first-order chi connectivity index (χ1) is 7.17. The fourth-order valence-electron chi connectivity index (χ4n) is 1.67. The maximum absolute atomic E-state index is 11.7. The van der Waals surface area contributed by atoms with Crippen LogP contribution in [0.5, 0.6) is 0 Å². The Bertz CT molecular complexity index is 243. The van der Waals surface area contributed by atoms with Gasteiger partial charge in [0.15, 0.2) is 0 Å². The molecule has 0 spiro atoms. The van der Waals surface area contributed by atoms with Crippen LogP contribution in [0, 0.1) is 11.8 Å². The number of aliphatic hydroxyl groups is 1. The summed E-state index contributed by atoms with van der Waals surface area (Å²) in [6, 6.07) is 0.110. The summed E-state index contributed by atoms with van der Waals surface area (Å²) < 4.78 is 0. The molecule has 1 aliphatic carbocycles. The number of aliphatic hydroxyl groups excluding tert-OH is 1. The fraction of sp³-hybridized carbons (Fsp3) is 0.727. The lowest BCUT2D eigenvalue weighted by molar-refractivity contribution is -0.124. The molecule has 3 nitrogen and oxygen atoms in total. The highest BCUT2D eigenvalue weighted by Crippen LogP contribution is 2.17. The molecular formula is C11H19NO2S. The summed E-state index contributed by atoms with van der Waals surface area (Å²) in [4.78, 5) is 11.7. The summed E-state index contributed by atoms with van der Waals surface area (Å²) in [7, 11) is 0. The molecule has 0 aromatic heterocycles. The highest BCUT2D eigenvalue weighted by Gasteiger charge is 2.21. The molecule has 0 aromatic rings. The van der Waals surface area contributed by atoms with Crippen LogP contribution in [0.2, 0.25) is 0 Å². The van der Waals surface area contributed by atoms with Crippen molar-refractivity contribution in [1.29, 1.82) is 0 Å². The minimum atomic E-state index is 0.0570. The molecule has 0 saturated carbocycles. The molecule has 0 radical (unpaired) electrons. The summed E-state index contributed by atoms with van der Waals surface area (Å²) in [5, 5.41) is 11.9. The molecule has 0 fully saturated rings. The van der Waals surface area contributed by atoms with Crippen LogP contribution in [-0.4, -0.2) is 35.7 Å². The number of thioether (sulfide) groups is 1. The SMILES string of the molecule is CSCC(C)C(=O)N[C@@H]1C=C[C@H](CO)C1. The monoisotopic (exact) mass is 229 g/mol. The Hall–Kier alpha value is -0.480. The summed E-state index contributed by atoms with van der Waals surface area (Å²) in [6.45, 7) is 2.11. The van der Waals surface area contributed by atoms with Crippen LogP contribution in [0.3, 0.4) is 0 Å². The third-order valence-electron chi connectivity index (χ3n) is 2.60. The van der Waals surface area contributed by atoms with Crippen molar-refractivity contribution in [2.45, 2.75) is 19.4 Å². The van der Waals surface area contributed by atoms with Gasteiger partial charge in [0.25, 0.3) is 0 Å². The van der Waals surface area contributed by atoms with Crippen LogP contribution >= 0.6 is 11.8 Å². The van der Waals surface area contributed by atoms with Crippen molar-refractivity contribution in [3.8, 4) is 0 Å². The van der Waals surface area contributed by atoms with E-state index >= 15 is 0 Å². The van der Waals surface area contributed by atoms with Crippen molar-refractivity contribution in [2.24, 2.45) is 11.8 Å². The van der Waals surface area contributed by atoms with Gasteiger partial charge in [-0.25, -0.2) is 0 Å². The molecule has 0 aliphatic heterocycles. The van der Waals surface area contributed by atoms with Crippen LogP contribution in [-0.2, 0) is 4.79 Å². The molecule has 3 atom stereocenters. The van der Waals surface area contributed by atoms with E-state index in [0.29, 0.717) is 0 Å². The first-order valence-electron chi connectivity index (χ1n) is 5.25. The third kappa shape index (κ3) is 3.87. The van der Waals surface area contributed by atoms with Gasteiger partial charge in [-0.1, -0.05) is 19.1 Å². The van der Waals surface area contributed by atoms with Gasteiger partial charge in [0.05, 0.1) is 0 Å². The summed E-state index contributed by atoms with van der Waals surface area (Å²) in [5.41, 5.74) is 0. The van der Waals surface area contributed by atoms with E-state index < -0.39 is 0 Å². The highest BCUT2D eigenvalue weighted by atomic mass is 32.2. The zero-order valence-corrected chi connectivity index (χ0v) is 10.1. The Balaban J connectivity index is 2.31. The molecule has 1 aliphatic rings. The molecule has 4 heteroatoms. The predicted octanol–water partition coefficient (Wildman–Crippen LogP) is 1.04. The van der Waals surface area contributed by atoms with Crippen LogP contribution < -0.4 is 5.32 Å². The molecule has 15 heavy (non-hydrogen) atoms. The molecule has 1 rings (SSSR count). The van der Waals surface area contributed by atoms with Gasteiger partial charge in [-0.15, -0.1) is 0 Å². The van der Waals surface area contributed by atoms with Crippen molar-refractivity contribution in [3.63, 3.8) is 0 Å². The quantitative estimate of drug-likeness (QED) is 0.693. The molecule has 0 aromatic carbocycles. The van der Waals surface area contributed by atoms with Crippen LogP contribution in [0.25, 0.3) is 0 Å². The van der Waals surface area contributed by atoms with Gasteiger partial charge in [0, 0.05) is 30.2 Å². The first-order valence-corrected chi connectivity index (χ1v) is 6.65. The average molecular weight is 229 g/mol. The Morgan fingerprint density at radius 2 is 2.40 bits per heavy atom. The lowest BCUT2D eigenvalue weighted by atomic mass is 10.1. The number of rotatable bonds is 5. The van der Waals surface area contributed by atoms with Gasteiger partial charge in [-0.05, 0) is 12.7 Å². The van der Waals surface area contributed by atoms with Gasteiger partial charge >= 0.3 is 0 Å². The maximum Gasteiger partial charge on any atom is 0.224 e. The number of hydrogen-bond acceptors (Lipinski definition) is 3. The van der Waals surface area contributed by atoms with Crippen LogP contribution in [0.15, 0.2) is 12.2 Å². The summed E-state index contributed by atoms with van der Waals surface area (Å²) in [5.74, 6) is 1.23. The molecule has 86 valence electrons. The van der Waals surface area contributed by atoms with Crippen molar-refractivity contribution in [2.75, 3.05) is 18.6 Å². The number of carbonyl (C=O) groups excluding carboxylic acids is 1. The average Bonchev–Trinajstić information content (AvgIpc) is 2.66. The lowest BCUT2D eigenvalue weighted by Crippen LogP contribution is -2.37. The zero-order chi connectivity index (χ0) is 11.3. The second-order valence-electron chi connectivity index (χ2n) is 4.03. The van der Waals surface area contributed by atoms with Crippen molar-refractivity contribution in [1.82, 2.24) is 5.32 Å². The van der Waals surface area contributed by atoms with Gasteiger partial charge in [0.1, 0.15) is 0 Å². The van der Waals surface area contributed by atoms with E-state index in [1.165, 1.54) is 0 Å². The molecule has 0 bridgehead atoms. The van der Waals surface area contributed by atoms with Gasteiger partial charge in [-0.3, -0.25) is 4.79 Å². The van der Waals surface area contributed by atoms with E-state index in [0.717, 1.165) is 12.2 Å². The minimum absolute atomic E-state index is 0.0570. The maximum atomic E-state index is 11.7. The Labute approximate surface area is 95.3 Å². The van der Waals surface area contributed by atoms with Crippen molar-refractivity contribution < 1.29 is 9.90 Å². The zero-order valence-electron chi connectivity index (χ0n) is 9.27. The smallest absolute Gasteiger partial charge is 0.224 e. The second kappa shape index (κ2) is 6.18. The Kier molecular flexibility index (Phi) is 5.19. The predicted molar refractivity (Wildman–Crippen MR) is 63.8 cm³/mol. The van der Waals surface area contributed by atoms with E-state index in [4.69, 9.17) is 5.11 Å². The lowest BCUT2D eigenvalue weighted by Gasteiger charge is -2.16. The molecule has 0 saturated heterocycles. The fourth-order valence-corrected chi connectivity index (χ4v) is 2.32. The van der Waals surface area contributed by atoms with Gasteiger partial charge < -0.3 is 10.4 Å². The minimum Gasteiger partial charge on any atom is -0.396 e. The van der Waals surface area contributed by atoms with Crippen molar-refractivity contribution >= 4 is 17.7 Å². The van der Waals surface area contributed by atoms with E-state index in [1.54, 1.807) is 11.8 Å². The molecule has 1 amide bonds. The number of nitrogens with one attached hydrogen (secondary N) is 1. The van der Waals surface area contributed by atoms with E-state index in [-0.39, 0.29) is 30.4 Å². The van der Waals surface area contributed by atoms with Crippen molar-refractivity contribution in [3.05, 3.63) is 12.2 Å². The Morgan fingerprint density at radius 1 is 1.67 bits per heavy atom. The standard InChI is InChI=1S/C11H19NO2S/c1-8(7-15-2)11(14)12-10-4-3-9(5-10)6-13/h3-4,8-10,13H,5-7H2,1-2H3,(H,12,14)/t8?,9-,10+/m0/s1. The van der Waals surface area contributed by atoms with Gasteiger partial charge in [-0.2, -0.15) is 11.8 Å². The number of amides is 1. The van der Waals surface area contributed by atoms with Crippen LogP contribution in [0.4, 0.5) is 0 Å².